The van der Waals surface area contributed by atoms with E-state index in [0.717, 1.165) is 77.8 Å². The van der Waals surface area contributed by atoms with Gasteiger partial charge in [0.15, 0.2) is 5.58 Å². The van der Waals surface area contributed by atoms with Gasteiger partial charge in [0.2, 0.25) is 0 Å². The molecule has 0 saturated heterocycles. The number of rotatable bonds is 5. The van der Waals surface area contributed by atoms with E-state index in [-0.39, 0.29) is 0 Å². The van der Waals surface area contributed by atoms with Crippen molar-refractivity contribution in [3.8, 4) is 16.8 Å². The largest absolute Gasteiger partial charge is 0.455 e. The van der Waals surface area contributed by atoms with Crippen molar-refractivity contribution in [2.24, 2.45) is 0 Å². The molecule has 5 heteroatoms. The molecule has 0 atom stereocenters. The van der Waals surface area contributed by atoms with Gasteiger partial charge in [-0.05, 0) is 72.3 Å². The molecule has 4 nitrogen and oxygen atoms in total. The molecule has 9 aromatic carbocycles. The van der Waals surface area contributed by atoms with E-state index in [9.17, 15) is 0 Å². The highest BCUT2D eigenvalue weighted by molar-refractivity contribution is 7.26. The number of nitrogens with zero attached hydrogens (tertiary/aromatic N) is 2. The molecule has 0 spiro atoms. The summed E-state index contributed by atoms with van der Waals surface area (Å²) in [5.41, 5.74) is 12.0. The van der Waals surface area contributed by atoms with Crippen molar-refractivity contribution in [2.45, 2.75) is 0 Å². The fraction of sp³-hybridized carbons (Fsp3) is 0. The number of hydrogen-bond acceptors (Lipinski definition) is 4. The lowest BCUT2D eigenvalue weighted by Crippen LogP contribution is -2.11. The number of hydrogen-bond donors (Lipinski definition) is 0. The SMILES string of the molecule is c1cc(-c2ccc(N(c3cccc4c3oc3ccccc34)c3cccc4c3sc3ccccc34)c3c2oc2ccccc23)cc(-n2c3ccccc3c3ccccc32)c1. The van der Waals surface area contributed by atoms with Crippen molar-refractivity contribution in [1.29, 1.82) is 0 Å². The van der Waals surface area contributed by atoms with Gasteiger partial charge in [-0.3, -0.25) is 0 Å². The molecule has 0 fully saturated rings. The fourth-order valence-corrected chi connectivity index (χ4v) is 10.6. The zero-order valence-electron chi connectivity index (χ0n) is 31.6. The topological polar surface area (TPSA) is 34.5 Å². The summed E-state index contributed by atoms with van der Waals surface area (Å²) in [6.45, 7) is 0. The number of anilines is 3. The number of fused-ring (bicyclic) bond motifs is 12. The monoisotopic (exact) mass is 772 g/mol. The molecule has 0 amide bonds. The molecular weight excluding hydrogens is 741 g/mol. The number of thiophene rings is 1. The summed E-state index contributed by atoms with van der Waals surface area (Å²) in [6, 6.07) is 69.3. The van der Waals surface area contributed by atoms with Crippen LogP contribution in [0.25, 0.3) is 103 Å². The Morgan fingerprint density at radius 2 is 1.00 bits per heavy atom. The van der Waals surface area contributed by atoms with Crippen LogP contribution < -0.4 is 4.90 Å². The van der Waals surface area contributed by atoms with Gasteiger partial charge in [0.05, 0.1) is 38.2 Å². The van der Waals surface area contributed by atoms with E-state index in [0.29, 0.717) is 0 Å². The fourth-order valence-electron chi connectivity index (χ4n) is 9.44. The normalized spacial score (nSPS) is 12.1. The van der Waals surface area contributed by atoms with Crippen LogP contribution in [0.4, 0.5) is 17.1 Å². The van der Waals surface area contributed by atoms with Gasteiger partial charge in [-0.1, -0.05) is 127 Å². The predicted molar refractivity (Wildman–Crippen MR) is 248 cm³/mol. The van der Waals surface area contributed by atoms with E-state index in [2.05, 4.69) is 198 Å². The third-order valence-corrected chi connectivity index (χ3v) is 13.2. The number of benzene rings is 9. The summed E-state index contributed by atoms with van der Waals surface area (Å²) in [6.07, 6.45) is 0. The Morgan fingerprint density at radius 1 is 0.407 bits per heavy atom. The zero-order valence-corrected chi connectivity index (χ0v) is 32.4. The van der Waals surface area contributed by atoms with E-state index in [4.69, 9.17) is 8.83 Å². The summed E-state index contributed by atoms with van der Waals surface area (Å²) < 4.78 is 18.6. The van der Waals surface area contributed by atoms with Crippen molar-refractivity contribution < 1.29 is 8.83 Å². The Labute approximate surface area is 342 Å². The Hall–Kier alpha value is -7.60. The molecule has 276 valence electrons. The standard InChI is InChI=1S/C54H32N2O2S/c1-6-23-43-36(16-1)37-17-2-7-24-44(37)55(43)34-15-11-14-33(32-34)35-30-31-45(51-42-20-4-9-28-49(42)58-53(35)51)56(46-25-12-21-40-38-18-3-8-27-48(38)57-52(40)46)47-26-13-22-41-39-19-5-10-29-50(39)59-54(41)47/h1-32H. The van der Waals surface area contributed by atoms with Crippen LogP contribution >= 0.6 is 11.3 Å². The average molecular weight is 773 g/mol. The second-order valence-electron chi connectivity index (χ2n) is 15.2. The first kappa shape index (κ1) is 32.5. The maximum atomic E-state index is 6.99. The smallest absolute Gasteiger partial charge is 0.159 e. The molecular formula is C54H32N2O2S. The molecule has 0 aliphatic heterocycles. The molecule has 59 heavy (non-hydrogen) atoms. The molecule has 0 unspecified atom stereocenters. The first-order valence-corrected chi connectivity index (χ1v) is 20.7. The summed E-state index contributed by atoms with van der Waals surface area (Å²) in [4.78, 5) is 2.41. The van der Waals surface area contributed by atoms with Gasteiger partial charge in [0.25, 0.3) is 0 Å². The van der Waals surface area contributed by atoms with E-state index in [1.165, 1.54) is 42.0 Å². The van der Waals surface area contributed by atoms with Crippen LogP contribution in [0.5, 0.6) is 0 Å². The second kappa shape index (κ2) is 12.4. The average Bonchev–Trinajstić information content (AvgIpc) is 4.06. The van der Waals surface area contributed by atoms with E-state index >= 15 is 0 Å². The second-order valence-corrected chi connectivity index (χ2v) is 16.2. The highest BCUT2D eigenvalue weighted by Gasteiger charge is 2.27. The number of para-hydroxylation sites is 5. The molecule has 4 aromatic heterocycles. The Kier molecular flexibility index (Phi) is 6.85. The van der Waals surface area contributed by atoms with E-state index in [1.807, 2.05) is 17.4 Å². The van der Waals surface area contributed by atoms with Gasteiger partial charge in [-0.2, -0.15) is 0 Å². The van der Waals surface area contributed by atoms with Crippen LogP contribution in [-0.4, -0.2) is 4.57 Å². The van der Waals surface area contributed by atoms with Gasteiger partial charge in [-0.25, -0.2) is 0 Å². The number of furan rings is 2. The van der Waals surface area contributed by atoms with Crippen LogP contribution in [0, 0.1) is 0 Å². The summed E-state index contributed by atoms with van der Waals surface area (Å²) in [5.74, 6) is 0. The molecule has 13 rings (SSSR count). The van der Waals surface area contributed by atoms with Crippen molar-refractivity contribution in [3.05, 3.63) is 194 Å². The minimum atomic E-state index is 0.841. The summed E-state index contributed by atoms with van der Waals surface area (Å²) in [5, 5.41) is 9.26. The molecule has 0 aliphatic rings. The maximum Gasteiger partial charge on any atom is 0.159 e. The minimum Gasteiger partial charge on any atom is -0.455 e. The Balaban J connectivity index is 1.10. The van der Waals surface area contributed by atoms with Crippen molar-refractivity contribution in [1.82, 2.24) is 4.57 Å². The maximum absolute atomic E-state index is 6.99. The lowest BCUT2D eigenvalue weighted by molar-refractivity contribution is 0.668. The molecule has 0 aliphatic carbocycles. The molecule has 0 radical (unpaired) electrons. The van der Waals surface area contributed by atoms with Crippen LogP contribution in [0.15, 0.2) is 203 Å². The third-order valence-electron chi connectivity index (χ3n) is 12.0. The van der Waals surface area contributed by atoms with E-state index < -0.39 is 0 Å². The van der Waals surface area contributed by atoms with Gasteiger partial charge in [0.1, 0.15) is 16.7 Å². The lowest BCUT2D eigenvalue weighted by Gasteiger charge is -2.27. The predicted octanol–water partition coefficient (Wildman–Crippen LogP) is 16.1. The van der Waals surface area contributed by atoms with Crippen LogP contribution in [0.2, 0.25) is 0 Å². The third kappa shape index (κ3) is 4.71. The summed E-state index contributed by atoms with van der Waals surface area (Å²) >= 11 is 1.83. The molecule has 0 bridgehead atoms. The van der Waals surface area contributed by atoms with Crippen LogP contribution in [-0.2, 0) is 0 Å². The zero-order chi connectivity index (χ0) is 38.6. The van der Waals surface area contributed by atoms with Gasteiger partial charge in [-0.15, -0.1) is 11.3 Å². The molecule has 0 N–H and O–H groups in total. The van der Waals surface area contributed by atoms with Crippen LogP contribution in [0.1, 0.15) is 0 Å². The first-order chi connectivity index (χ1) is 29.3. The minimum absolute atomic E-state index is 0.841. The van der Waals surface area contributed by atoms with Crippen molar-refractivity contribution in [3.63, 3.8) is 0 Å². The molecule has 0 saturated carbocycles. The highest BCUT2D eigenvalue weighted by Crippen LogP contribution is 2.51. The summed E-state index contributed by atoms with van der Waals surface area (Å²) in [7, 11) is 0. The Bertz CT molecular complexity index is 3660. The van der Waals surface area contributed by atoms with Gasteiger partial charge < -0.3 is 18.3 Å². The molecule has 13 aromatic rings. The van der Waals surface area contributed by atoms with Crippen molar-refractivity contribution >= 4 is 114 Å². The molecule has 4 heterocycles. The van der Waals surface area contributed by atoms with Gasteiger partial charge in [0, 0.05) is 53.7 Å². The van der Waals surface area contributed by atoms with Crippen molar-refractivity contribution in [2.75, 3.05) is 4.90 Å². The number of aromatic nitrogens is 1. The van der Waals surface area contributed by atoms with E-state index in [1.54, 1.807) is 0 Å². The lowest BCUT2D eigenvalue weighted by atomic mass is 9.99. The van der Waals surface area contributed by atoms with Crippen LogP contribution in [0.3, 0.4) is 0 Å². The quantitative estimate of drug-likeness (QED) is 0.175. The first-order valence-electron chi connectivity index (χ1n) is 19.9. The highest BCUT2D eigenvalue weighted by atomic mass is 32.1. The Morgan fingerprint density at radius 3 is 1.80 bits per heavy atom. The van der Waals surface area contributed by atoms with Gasteiger partial charge >= 0.3 is 0 Å².